The highest BCUT2D eigenvalue weighted by molar-refractivity contribution is 8.00. The van der Waals surface area contributed by atoms with Gasteiger partial charge in [-0.1, -0.05) is 6.07 Å². The van der Waals surface area contributed by atoms with E-state index in [0.29, 0.717) is 12.5 Å². The minimum Gasteiger partial charge on any atom is -0.497 e. The van der Waals surface area contributed by atoms with Crippen LogP contribution in [0.25, 0.3) is 0 Å². The molecule has 0 fully saturated rings. The Labute approximate surface area is 169 Å². The van der Waals surface area contributed by atoms with E-state index in [0.717, 1.165) is 23.5 Å². The molecule has 1 aromatic heterocycles. The van der Waals surface area contributed by atoms with Crippen LogP contribution in [0, 0.1) is 0 Å². The summed E-state index contributed by atoms with van der Waals surface area (Å²) in [6.07, 6.45) is 7.14. The van der Waals surface area contributed by atoms with Crippen LogP contribution < -0.4 is 13.8 Å². The molecular formula is C22H23N3O2S. The molecular weight excluding hydrogens is 370 g/mol. The van der Waals surface area contributed by atoms with E-state index in [2.05, 4.69) is 32.5 Å². The van der Waals surface area contributed by atoms with Gasteiger partial charge in [0.25, 0.3) is 0 Å². The van der Waals surface area contributed by atoms with E-state index in [9.17, 15) is 0 Å². The van der Waals surface area contributed by atoms with Gasteiger partial charge in [-0.25, -0.2) is 9.97 Å². The summed E-state index contributed by atoms with van der Waals surface area (Å²) in [4.78, 5) is 10.1. The molecule has 2 aromatic carbocycles. The summed E-state index contributed by atoms with van der Waals surface area (Å²) < 4.78 is 13.0. The summed E-state index contributed by atoms with van der Waals surface area (Å²) >= 11 is 1.65. The number of fused-ring (bicyclic) bond motifs is 1. The monoisotopic (exact) mass is 393 g/mol. The summed E-state index contributed by atoms with van der Waals surface area (Å²) in [5, 5.41) is 0. The maximum Gasteiger partial charge on any atom is 0.236 e. The third-order valence-electron chi connectivity index (χ3n) is 4.87. The van der Waals surface area contributed by atoms with Crippen molar-refractivity contribution in [3.63, 3.8) is 0 Å². The van der Waals surface area contributed by atoms with Crippen LogP contribution in [0.4, 0.5) is 5.95 Å². The van der Waals surface area contributed by atoms with Crippen molar-refractivity contribution in [1.29, 1.82) is 0 Å². The van der Waals surface area contributed by atoms with Crippen LogP contribution in [0.3, 0.4) is 0 Å². The maximum atomic E-state index is 5.58. The molecule has 5 nitrogen and oxygen atoms in total. The lowest BCUT2D eigenvalue weighted by atomic mass is 10.1. The predicted molar refractivity (Wildman–Crippen MR) is 112 cm³/mol. The molecule has 28 heavy (non-hydrogen) atoms. The molecule has 0 bridgehead atoms. The first kappa shape index (κ1) is 18.6. The quantitative estimate of drug-likeness (QED) is 0.543. The zero-order chi connectivity index (χ0) is 19.3. The predicted octanol–water partition coefficient (Wildman–Crippen LogP) is 4.70. The van der Waals surface area contributed by atoms with Gasteiger partial charge in [-0.3, -0.25) is 4.31 Å². The van der Waals surface area contributed by atoms with E-state index in [1.54, 1.807) is 38.6 Å². The first-order valence-corrected chi connectivity index (χ1v) is 10.1. The van der Waals surface area contributed by atoms with Crippen molar-refractivity contribution in [1.82, 2.24) is 9.97 Å². The summed E-state index contributed by atoms with van der Waals surface area (Å²) in [6, 6.07) is 14.4. The van der Waals surface area contributed by atoms with E-state index in [1.807, 2.05) is 24.3 Å². The fourth-order valence-corrected chi connectivity index (χ4v) is 4.39. The Hall–Kier alpha value is -2.73. The second-order valence-electron chi connectivity index (χ2n) is 6.64. The van der Waals surface area contributed by atoms with E-state index >= 15 is 0 Å². The van der Waals surface area contributed by atoms with Crippen LogP contribution in [0.5, 0.6) is 11.5 Å². The zero-order valence-electron chi connectivity index (χ0n) is 16.1. The second-order valence-corrected chi connectivity index (χ2v) is 7.73. The summed E-state index contributed by atoms with van der Waals surface area (Å²) in [7, 11) is 3.33. The normalized spacial score (nSPS) is 12.5. The van der Waals surface area contributed by atoms with Crippen molar-refractivity contribution < 1.29 is 9.47 Å². The molecule has 0 unspecified atom stereocenters. The molecule has 0 atom stereocenters. The van der Waals surface area contributed by atoms with Crippen LogP contribution in [0.2, 0.25) is 0 Å². The van der Waals surface area contributed by atoms with Gasteiger partial charge in [-0.2, -0.15) is 0 Å². The average molecular weight is 394 g/mol. The SMILES string of the molecule is COc1ccc(CN(Sc2ccc3c(c2)CCC3)c2ncccn2)c(OC)c1. The standard InChI is InChI=1S/C22H23N3O2S/c1-26-19-9-7-18(21(14-19)27-2)15-25(22-23-11-4-12-24-22)28-20-10-8-16-5-3-6-17(16)13-20/h4,7-14H,3,5-6,15H2,1-2H3. The van der Waals surface area contributed by atoms with Gasteiger partial charge in [0.05, 0.1) is 20.8 Å². The third-order valence-corrected chi connectivity index (χ3v) is 5.85. The molecule has 0 N–H and O–H groups in total. The Morgan fingerprint density at radius 3 is 2.57 bits per heavy atom. The highest BCUT2D eigenvalue weighted by atomic mass is 32.2. The fourth-order valence-electron chi connectivity index (χ4n) is 3.43. The molecule has 6 heteroatoms. The van der Waals surface area contributed by atoms with E-state index < -0.39 is 0 Å². The maximum absolute atomic E-state index is 5.58. The van der Waals surface area contributed by atoms with Crippen LogP contribution in [-0.4, -0.2) is 24.2 Å². The lowest BCUT2D eigenvalue weighted by Crippen LogP contribution is -2.17. The van der Waals surface area contributed by atoms with Crippen molar-refractivity contribution in [3.05, 3.63) is 71.5 Å². The molecule has 1 aliphatic rings. The number of ether oxygens (including phenoxy) is 2. The van der Waals surface area contributed by atoms with Crippen LogP contribution >= 0.6 is 11.9 Å². The smallest absolute Gasteiger partial charge is 0.236 e. The van der Waals surface area contributed by atoms with Gasteiger partial charge in [0.2, 0.25) is 5.95 Å². The number of anilines is 1. The molecule has 4 rings (SSSR count). The van der Waals surface area contributed by atoms with Crippen molar-refractivity contribution in [2.24, 2.45) is 0 Å². The molecule has 0 saturated carbocycles. The first-order chi connectivity index (χ1) is 13.8. The molecule has 0 spiro atoms. The van der Waals surface area contributed by atoms with Crippen molar-refractivity contribution >= 4 is 17.9 Å². The van der Waals surface area contributed by atoms with Crippen LogP contribution in [0.15, 0.2) is 59.8 Å². The lowest BCUT2D eigenvalue weighted by Gasteiger charge is -2.22. The molecule has 0 radical (unpaired) electrons. The molecule has 0 amide bonds. The van der Waals surface area contributed by atoms with E-state index in [1.165, 1.54) is 28.9 Å². The fraction of sp³-hybridized carbons (Fsp3) is 0.273. The molecule has 0 aliphatic heterocycles. The zero-order valence-corrected chi connectivity index (χ0v) is 16.9. The topological polar surface area (TPSA) is 47.5 Å². The Morgan fingerprint density at radius 1 is 0.964 bits per heavy atom. The average Bonchev–Trinajstić information content (AvgIpc) is 3.22. The van der Waals surface area contributed by atoms with E-state index in [-0.39, 0.29) is 0 Å². The van der Waals surface area contributed by atoms with Crippen molar-refractivity contribution in [3.8, 4) is 11.5 Å². The molecule has 1 heterocycles. The Balaban J connectivity index is 1.63. The Kier molecular flexibility index (Phi) is 5.67. The first-order valence-electron chi connectivity index (χ1n) is 9.32. The molecule has 1 aliphatic carbocycles. The van der Waals surface area contributed by atoms with Gasteiger partial charge < -0.3 is 9.47 Å². The molecule has 144 valence electrons. The number of benzene rings is 2. The minimum absolute atomic E-state index is 0.610. The Bertz CT molecular complexity index is 950. The third kappa shape index (κ3) is 4.07. The number of aromatic nitrogens is 2. The Morgan fingerprint density at radius 2 is 1.79 bits per heavy atom. The molecule has 3 aromatic rings. The van der Waals surface area contributed by atoms with E-state index in [4.69, 9.17) is 9.47 Å². The number of rotatable bonds is 7. The van der Waals surface area contributed by atoms with Crippen LogP contribution in [-0.2, 0) is 19.4 Å². The van der Waals surface area contributed by atoms with Gasteiger partial charge in [0.15, 0.2) is 0 Å². The number of aryl methyl sites for hydroxylation is 2. The van der Waals surface area contributed by atoms with Gasteiger partial charge in [0.1, 0.15) is 11.5 Å². The molecule has 0 saturated heterocycles. The minimum atomic E-state index is 0.610. The lowest BCUT2D eigenvalue weighted by molar-refractivity contribution is 0.391. The summed E-state index contributed by atoms with van der Waals surface area (Å²) in [6.45, 7) is 0.610. The van der Waals surface area contributed by atoms with Crippen LogP contribution in [0.1, 0.15) is 23.1 Å². The van der Waals surface area contributed by atoms with Crippen molar-refractivity contribution in [2.75, 3.05) is 18.5 Å². The summed E-state index contributed by atoms with van der Waals surface area (Å²) in [5.41, 5.74) is 3.98. The van der Waals surface area contributed by atoms with Gasteiger partial charge in [0, 0.05) is 28.9 Å². The number of hydrogen-bond donors (Lipinski definition) is 0. The number of methoxy groups -OCH3 is 2. The summed E-state index contributed by atoms with van der Waals surface area (Å²) in [5.74, 6) is 2.23. The highest BCUT2D eigenvalue weighted by Gasteiger charge is 2.17. The number of nitrogens with zero attached hydrogens (tertiary/aromatic N) is 3. The number of hydrogen-bond acceptors (Lipinski definition) is 6. The second kappa shape index (κ2) is 8.52. The van der Waals surface area contributed by atoms with Gasteiger partial charge in [-0.05, 0) is 72.7 Å². The van der Waals surface area contributed by atoms with Gasteiger partial charge >= 0.3 is 0 Å². The van der Waals surface area contributed by atoms with Gasteiger partial charge in [-0.15, -0.1) is 0 Å². The largest absolute Gasteiger partial charge is 0.497 e. The highest BCUT2D eigenvalue weighted by Crippen LogP contribution is 2.34. The van der Waals surface area contributed by atoms with Crippen molar-refractivity contribution in [2.45, 2.75) is 30.7 Å².